The zero-order valence-electron chi connectivity index (χ0n) is 19.0. The van der Waals surface area contributed by atoms with Gasteiger partial charge in [0, 0.05) is 36.9 Å². The maximum Gasteiger partial charge on any atom is 0.341 e. The van der Waals surface area contributed by atoms with E-state index in [1.807, 2.05) is 6.92 Å². The van der Waals surface area contributed by atoms with Crippen LogP contribution < -0.4 is 15.0 Å². The molecule has 2 aromatic carbocycles. The van der Waals surface area contributed by atoms with Crippen molar-refractivity contribution in [1.29, 1.82) is 0 Å². The van der Waals surface area contributed by atoms with Gasteiger partial charge in [0.2, 0.25) is 5.91 Å². The Hall–Kier alpha value is -3.10. The van der Waals surface area contributed by atoms with Crippen LogP contribution in [0.2, 0.25) is 5.02 Å². The Morgan fingerprint density at radius 3 is 2.65 bits per heavy atom. The highest BCUT2D eigenvalue weighted by atomic mass is 35.5. The molecular formula is C25H28ClFN2O5. The molecule has 0 bridgehead atoms. The number of rotatable bonds is 10. The van der Waals surface area contributed by atoms with Crippen LogP contribution in [0.25, 0.3) is 0 Å². The summed E-state index contributed by atoms with van der Waals surface area (Å²) >= 11 is 5.81. The Bertz CT molecular complexity index is 1060. The fraction of sp³-hybridized carbons (Fsp3) is 0.360. The van der Waals surface area contributed by atoms with Crippen molar-refractivity contribution in [3.8, 4) is 5.75 Å². The standard InChI is InChI=1S/C25H28ClFN2O5/c1-16(2)14-29(19-7-9-33-10-8-19)23-6-5-20(34-15-25(31)32)13-22(23)28-24(30)11-17-3-4-18(26)12-21(17)27/h3-6,12-13,19H,1,7-11,14-15H2,2H3,(H,28,30)(H,31,32). The molecule has 0 aromatic heterocycles. The van der Waals surface area contributed by atoms with Gasteiger partial charge in [-0.15, -0.1) is 0 Å². The molecule has 1 fully saturated rings. The second-order valence-electron chi connectivity index (χ2n) is 8.25. The first-order valence-corrected chi connectivity index (χ1v) is 11.3. The molecule has 0 atom stereocenters. The molecule has 1 aliphatic heterocycles. The van der Waals surface area contributed by atoms with Gasteiger partial charge in [0.1, 0.15) is 11.6 Å². The second kappa shape index (κ2) is 11.9. The number of benzene rings is 2. The Balaban J connectivity index is 1.91. The largest absolute Gasteiger partial charge is 0.482 e. The Morgan fingerprint density at radius 1 is 1.26 bits per heavy atom. The number of nitrogens with one attached hydrogen (secondary N) is 1. The van der Waals surface area contributed by atoms with Gasteiger partial charge in [-0.3, -0.25) is 4.79 Å². The number of anilines is 2. The zero-order chi connectivity index (χ0) is 24.7. The molecule has 7 nitrogen and oxygen atoms in total. The Morgan fingerprint density at radius 2 is 2.00 bits per heavy atom. The van der Waals surface area contributed by atoms with E-state index in [4.69, 9.17) is 26.2 Å². The summed E-state index contributed by atoms with van der Waals surface area (Å²) in [5.74, 6) is -1.81. The van der Waals surface area contributed by atoms with Crippen LogP contribution in [0.5, 0.6) is 5.75 Å². The number of hydrogen-bond donors (Lipinski definition) is 2. The Kier molecular flexibility index (Phi) is 8.90. The third-order valence-corrected chi connectivity index (χ3v) is 5.59. The summed E-state index contributed by atoms with van der Waals surface area (Å²) in [7, 11) is 0. The fourth-order valence-electron chi connectivity index (χ4n) is 3.83. The van der Waals surface area contributed by atoms with E-state index < -0.39 is 24.3 Å². The van der Waals surface area contributed by atoms with Gasteiger partial charge in [0.15, 0.2) is 6.61 Å². The molecule has 0 saturated carbocycles. The number of carbonyl (C=O) groups excluding carboxylic acids is 1. The molecular weight excluding hydrogens is 463 g/mol. The summed E-state index contributed by atoms with van der Waals surface area (Å²) in [6.45, 7) is 7.29. The molecule has 1 aliphatic rings. The van der Waals surface area contributed by atoms with Crippen LogP contribution in [0.4, 0.5) is 15.8 Å². The van der Waals surface area contributed by atoms with E-state index in [0.29, 0.717) is 31.2 Å². The molecule has 0 radical (unpaired) electrons. The average molecular weight is 491 g/mol. The van der Waals surface area contributed by atoms with Crippen LogP contribution in [-0.4, -0.2) is 49.4 Å². The van der Waals surface area contributed by atoms with Crippen molar-refractivity contribution < 1.29 is 28.6 Å². The van der Waals surface area contributed by atoms with Gasteiger partial charge in [-0.1, -0.05) is 29.8 Å². The van der Waals surface area contributed by atoms with E-state index in [-0.39, 0.29) is 23.0 Å². The van der Waals surface area contributed by atoms with E-state index in [1.165, 1.54) is 12.1 Å². The van der Waals surface area contributed by atoms with E-state index in [2.05, 4.69) is 16.8 Å². The average Bonchev–Trinajstić information content (AvgIpc) is 2.79. The maximum atomic E-state index is 14.2. The summed E-state index contributed by atoms with van der Waals surface area (Å²) in [6.07, 6.45) is 1.43. The lowest BCUT2D eigenvalue weighted by molar-refractivity contribution is -0.139. The van der Waals surface area contributed by atoms with Gasteiger partial charge < -0.3 is 24.8 Å². The number of amides is 1. The lowest BCUT2D eigenvalue weighted by Crippen LogP contribution is -2.41. The topological polar surface area (TPSA) is 88.1 Å². The van der Waals surface area contributed by atoms with Crippen LogP contribution in [-0.2, 0) is 20.7 Å². The highest BCUT2D eigenvalue weighted by Crippen LogP contribution is 2.34. The molecule has 2 aromatic rings. The molecule has 182 valence electrons. The molecule has 2 N–H and O–H groups in total. The number of halogens is 2. The predicted octanol–water partition coefficient (Wildman–Crippen LogP) is 4.69. The van der Waals surface area contributed by atoms with Crippen LogP contribution in [0, 0.1) is 5.82 Å². The van der Waals surface area contributed by atoms with Crippen LogP contribution in [0.3, 0.4) is 0 Å². The summed E-state index contributed by atoms with van der Waals surface area (Å²) in [6, 6.07) is 9.36. The SMILES string of the molecule is C=C(C)CN(c1ccc(OCC(=O)O)cc1NC(=O)Cc1ccc(Cl)cc1F)C1CCOCC1. The molecule has 0 spiro atoms. The van der Waals surface area contributed by atoms with E-state index >= 15 is 0 Å². The zero-order valence-corrected chi connectivity index (χ0v) is 19.7. The van der Waals surface area contributed by atoms with Crippen molar-refractivity contribution >= 4 is 34.9 Å². The van der Waals surface area contributed by atoms with Crippen LogP contribution in [0.1, 0.15) is 25.3 Å². The summed E-state index contributed by atoms with van der Waals surface area (Å²) in [4.78, 5) is 26.0. The number of nitrogens with zero attached hydrogens (tertiary/aromatic N) is 1. The number of carboxylic acids is 1. The van der Waals surface area contributed by atoms with Crippen LogP contribution in [0.15, 0.2) is 48.6 Å². The number of ether oxygens (including phenoxy) is 2. The van der Waals surface area contributed by atoms with Gasteiger partial charge in [0.25, 0.3) is 0 Å². The third kappa shape index (κ3) is 7.20. The number of hydrogen-bond acceptors (Lipinski definition) is 5. The van der Waals surface area contributed by atoms with Crippen molar-refractivity contribution in [3.05, 3.63) is 65.0 Å². The van der Waals surface area contributed by atoms with Gasteiger partial charge in [-0.25, -0.2) is 9.18 Å². The molecule has 9 heteroatoms. The third-order valence-electron chi connectivity index (χ3n) is 5.35. The van der Waals surface area contributed by atoms with E-state index in [0.717, 1.165) is 30.2 Å². The summed E-state index contributed by atoms with van der Waals surface area (Å²) < 4.78 is 25.0. The second-order valence-corrected chi connectivity index (χ2v) is 8.69. The molecule has 3 rings (SSSR count). The molecule has 34 heavy (non-hydrogen) atoms. The smallest absolute Gasteiger partial charge is 0.341 e. The molecule has 1 saturated heterocycles. The summed E-state index contributed by atoms with van der Waals surface area (Å²) in [5, 5.41) is 12.0. The van der Waals surface area contributed by atoms with Crippen molar-refractivity contribution in [2.45, 2.75) is 32.2 Å². The summed E-state index contributed by atoms with van der Waals surface area (Å²) in [5.41, 5.74) is 2.33. The molecule has 1 heterocycles. The van der Waals surface area contributed by atoms with Gasteiger partial charge >= 0.3 is 5.97 Å². The van der Waals surface area contributed by atoms with Gasteiger partial charge in [-0.05, 0) is 49.6 Å². The highest BCUT2D eigenvalue weighted by molar-refractivity contribution is 6.30. The Labute approximate surface area is 203 Å². The molecule has 0 unspecified atom stereocenters. The van der Waals surface area contributed by atoms with Gasteiger partial charge in [-0.2, -0.15) is 0 Å². The van der Waals surface area contributed by atoms with Crippen molar-refractivity contribution in [2.75, 3.05) is 36.6 Å². The first-order chi connectivity index (χ1) is 16.2. The first-order valence-electron chi connectivity index (χ1n) is 10.9. The maximum absolute atomic E-state index is 14.2. The minimum atomic E-state index is -1.11. The minimum Gasteiger partial charge on any atom is -0.482 e. The quantitative estimate of drug-likeness (QED) is 0.470. The molecule has 0 aliphatic carbocycles. The minimum absolute atomic E-state index is 0.167. The van der Waals surface area contributed by atoms with Gasteiger partial charge in [0.05, 0.1) is 17.8 Å². The van der Waals surface area contributed by atoms with Crippen LogP contribution >= 0.6 is 11.6 Å². The molecule has 1 amide bonds. The predicted molar refractivity (Wildman–Crippen MR) is 129 cm³/mol. The van der Waals surface area contributed by atoms with E-state index in [9.17, 15) is 14.0 Å². The lowest BCUT2D eigenvalue weighted by atomic mass is 10.0. The van der Waals surface area contributed by atoms with Crippen molar-refractivity contribution in [2.24, 2.45) is 0 Å². The number of aliphatic carboxylic acids is 1. The normalized spacial score (nSPS) is 13.9. The fourth-order valence-corrected chi connectivity index (χ4v) is 3.99. The number of carboxylic acid groups (broad SMARTS) is 1. The highest BCUT2D eigenvalue weighted by Gasteiger charge is 2.25. The van der Waals surface area contributed by atoms with Crippen molar-refractivity contribution in [3.63, 3.8) is 0 Å². The number of carbonyl (C=O) groups is 2. The lowest BCUT2D eigenvalue weighted by Gasteiger charge is -2.37. The monoisotopic (exact) mass is 490 g/mol. The van der Waals surface area contributed by atoms with E-state index in [1.54, 1.807) is 18.2 Å². The van der Waals surface area contributed by atoms with Crippen molar-refractivity contribution in [1.82, 2.24) is 0 Å². The first kappa shape index (κ1) is 25.5.